The van der Waals surface area contributed by atoms with E-state index in [4.69, 9.17) is 0 Å². The molecule has 2 aromatic rings. The van der Waals surface area contributed by atoms with Crippen molar-refractivity contribution in [3.05, 3.63) is 65.7 Å². The highest BCUT2D eigenvalue weighted by atomic mass is 16.2. The van der Waals surface area contributed by atoms with Gasteiger partial charge < -0.3 is 16.0 Å². The predicted octanol–water partition coefficient (Wildman–Crippen LogP) is 2.37. The molecule has 0 saturated carbocycles. The summed E-state index contributed by atoms with van der Waals surface area (Å²) in [5.41, 5.74) is 2.09. The van der Waals surface area contributed by atoms with Gasteiger partial charge in [-0.05, 0) is 23.8 Å². The van der Waals surface area contributed by atoms with Crippen LogP contribution in [0.2, 0.25) is 0 Å². The third-order valence-corrected chi connectivity index (χ3v) is 2.91. The third kappa shape index (κ3) is 4.35. The van der Waals surface area contributed by atoms with Crippen LogP contribution in [0.3, 0.4) is 0 Å². The van der Waals surface area contributed by atoms with Gasteiger partial charge in [0.15, 0.2) is 0 Å². The van der Waals surface area contributed by atoms with Crippen LogP contribution in [0, 0.1) is 0 Å². The SMILES string of the molecule is CNC(=O)c1cccc(NC(=O)NCc2ccccc2)c1. The fourth-order valence-corrected chi connectivity index (χ4v) is 1.84. The summed E-state index contributed by atoms with van der Waals surface area (Å²) in [7, 11) is 1.56. The number of amides is 3. The van der Waals surface area contributed by atoms with Gasteiger partial charge in [-0.2, -0.15) is 0 Å². The lowest BCUT2D eigenvalue weighted by Crippen LogP contribution is -2.28. The number of hydrogen-bond acceptors (Lipinski definition) is 2. The van der Waals surface area contributed by atoms with Crippen molar-refractivity contribution < 1.29 is 9.59 Å². The molecule has 0 aliphatic carbocycles. The summed E-state index contributed by atoms with van der Waals surface area (Å²) in [6, 6.07) is 16.1. The Morgan fingerprint density at radius 3 is 2.48 bits per heavy atom. The summed E-state index contributed by atoms with van der Waals surface area (Å²) in [5.74, 6) is -0.191. The first-order chi connectivity index (χ1) is 10.2. The molecule has 0 bridgehead atoms. The summed E-state index contributed by atoms with van der Waals surface area (Å²) in [4.78, 5) is 23.3. The highest BCUT2D eigenvalue weighted by Gasteiger charge is 2.06. The molecular formula is C16H17N3O2. The maximum absolute atomic E-state index is 11.8. The van der Waals surface area contributed by atoms with Crippen molar-refractivity contribution in [2.75, 3.05) is 12.4 Å². The number of carbonyl (C=O) groups excluding carboxylic acids is 2. The van der Waals surface area contributed by atoms with Crippen LogP contribution in [0.1, 0.15) is 15.9 Å². The molecule has 2 aromatic carbocycles. The molecule has 3 N–H and O–H groups in total. The van der Waals surface area contributed by atoms with Gasteiger partial charge in [-0.15, -0.1) is 0 Å². The lowest BCUT2D eigenvalue weighted by Gasteiger charge is -2.09. The molecule has 0 aromatic heterocycles. The summed E-state index contributed by atoms with van der Waals surface area (Å²) in [6.07, 6.45) is 0. The number of nitrogens with one attached hydrogen (secondary N) is 3. The maximum atomic E-state index is 11.8. The average Bonchev–Trinajstić information content (AvgIpc) is 2.53. The first kappa shape index (κ1) is 14.6. The van der Waals surface area contributed by atoms with E-state index in [0.717, 1.165) is 5.56 Å². The van der Waals surface area contributed by atoms with E-state index in [1.54, 1.807) is 31.3 Å². The quantitative estimate of drug-likeness (QED) is 0.806. The Morgan fingerprint density at radius 1 is 1.00 bits per heavy atom. The van der Waals surface area contributed by atoms with E-state index >= 15 is 0 Å². The molecule has 0 heterocycles. The molecule has 0 saturated heterocycles. The van der Waals surface area contributed by atoms with Crippen LogP contribution in [0.25, 0.3) is 0 Å². The lowest BCUT2D eigenvalue weighted by atomic mass is 10.2. The van der Waals surface area contributed by atoms with Crippen LogP contribution in [0.5, 0.6) is 0 Å². The Morgan fingerprint density at radius 2 is 1.76 bits per heavy atom. The Balaban J connectivity index is 1.92. The number of rotatable bonds is 4. The predicted molar refractivity (Wildman–Crippen MR) is 82.1 cm³/mol. The molecule has 0 aliphatic heterocycles. The number of carbonyl (C=O) groups is 2. The van der Waals surface area contributed by atoms with Crippen molar-refractivity contribution in [1.29, 1.82) is 0 Å². The van der Waals surface area contributed by atoms with Crippen molar-refractivity contribution in [3.8, 4) is 0 Å². The molecule has 0 aliphatic rings. The Bertz CT molecular complexity index is 626. The molecule has 0 atom stereocenters. The van der Waals surface area contributed by atoms with Crippen LogP contribution < -0.4 is 16.0 Å². The second-order valence-electron chi connectivity index (χ2n) is 4.45. The molecule has 0 radical (unpaired) electrons. The number of benzene rings is 2. The van der Waals surface area contributed by atoms with Gasteiger partial charge in [0.2, 0.25) is 0 Å². The Labute approximate surface area is 123 Å². The second-order valence-corrected chi connectivity index (χ2v) is 4.45. The lowest BCUT2D eigenvalue weighted by molar-refractivity contribution is 0.0963. The van der Waals surface area contributed by atoms with E-state index in [0.29, 0.717) is 17.8 Å². The molecule has 5 nitrogen and oxygen atoms in total. The number of anilines is 1. The molecule has 0 spiro atoms. The average molecular weight is 283 g/mol. The topological polar surface area (TPSA) is 70.2 Å². The first-order valence-electron chi connectivity index (χ1n) is 6.60. The van der Waals surface area contributed by atoms with Crippen molar-refractivity contribution in [1.82, 2.24) is 10.6 Å². The minimum atomic E-state index is -0.312. The van der Waals surface area contributed by atoms with Crippen molar-refractivity contribution in [2.45, 2.75) is 6.54 Å². The van der Waals surface area contributed by atoms with Crippen LogP contribution in [-0.2, 0) is 6.54 Å². The zero-order valence-electron chi connectivity index (χ0n) is 11.7. The summed E-state index contributed by atoms with van der Waals surface area (Å²) in [5, 5.41) is 8.00. The number of urea groups is 1. The van der Waals surface area contributed by atoms with Crippen LogP contribution in [-0.4, -0.2) is 19.0 Å². The molecule has 5 heteroatoms. The van der Waals surface area contributed by atoms with E-state index in [9.17, 15) is 9.59 Å². The van der Waals surface area contributed by atoms with Crippen molar-refractivity contribution in [2.24, 2.45) is 0 Å². The van der Waals surface area contributed by atoms with Gasteiger partial charge in [-0.25, -0.2) is 4.79 Å². The largest absolute Gasteiger partial charge is 0.355 e. The zero-order chi connectivity index (χ0) is 15.1. The summed E-state index contributed by atoms with van der Waals surface area (Å²) < 4.78 is 0. The standard InChI is InChI=1S/C16H17N3O2/c1-17-15(20)13-8-5-9-14(10-13)19-16(21)18-11-12-6-3-2-4-7-12/h2-10H,11H2,1H3,(H,17,20)(H2,18,19,21). The van der Waals surface area contributed by atoms with E-state index in [1.807, 2.05) is 30.3 Å². The fourth-order valence-electron chi connectivity index (χ4n) is 1.84. The zero-order valence-corrected chi connectivity index (χ0v) is 11.7. The van der Waals surface area contributed by atoms with Crippen molar-refractivity contribution >= 4 is 17.6 Å². The fraction of sp³-hybridized carbons (Fsp3) is 0.125. The van der Waals surface area contributed by atoms with Gasteiger partial charge in [0, 0.05) is 24.8 Å². The Hall–Kier alpha value is -2.82. The van der Waals surface area contributed by atoms with Gasteiger partial charge in [0.1, 0.15) is 0 Å². The van der Waals surface area contributed by atoms with Gasteiger partial charge >= 0.3 is 6.03 Å². The van der Waals surface area contributed by atoms with Gasteiger partial charge in [-0.3, -0.25) is 4.79 Å². The van der Waals surface area contributed by atoms with Gasteiger partial charge in [0.25, 0.3) is 5.91 Å². The molecule has 0 fully saturated rings. The minimum absolute atomic E-state index is 0.191. The van der Waals surface area contributed by atoms with E-state index < -0.39 is 0 Å². The molecule has 0 unspecified atom stereocenters. The van der Waals surface area contributed by atoms with Gasteiger partial charge in [0.05, 0.1) is 0 Å². The number of hydrogen-bond donors (Lipinski definition) is 3. The normalized spacial score (nSPS) is 9.76. The highest BCUT2D eigenvalue weighted by molar-refractivity contribution is 5.96. The van der Waals surface area contributed by atoms with E-state index in [1.165, 1.54) is 0 Å². The monoisotopic (exact) mass is 283 g/mol. The van der Waals surface area contributed by atoms with Crippen LogP contribution in [0.4, 0.5) is 10.5 Å². The second kappa shape index (κ2) is 7.09. The van der Waals surface area contributed by atoms with Crippen LogP contribution >= 0.6 is 0 Å². The van der Waals surface area contributed by atoms with Crippen molar-refractivity contribution in [3.63, 3.8) is 0 Å². The first-order valence-corrected chi connectivity index (χ1v) is 6.60. The Kier molecular flexibility index (Phi) is 4.93. The van der Waals surface area contributed by atoms with Gasteiger partial charge in [-0.1, -0.05) is 36.4 Å². The maximum Gasteiger partial charge on any atom is 0.319 e. The van der Waals surface area contributed by atoms with E-state index in [2.05, 4.69) is 16.0 Å². The molecule has 3 amide bonds. The minimum Gasteiger partial charge on any atom is -0.355 e. The molecule has 108 valence electrons. The van der Waals surface area contributed by atoms with Crippen LogP contribution in [0.15, 0.2) is 54.6 Å². The molecular weight excluding hydrogens is 266 g/mol. The molecule has 2 rings (SSSR count). The third-order valence-electron chi connectivity index (χ3n) is 2.91. The highest BCUT2D eigenvalue weighted by Crippen LogP contribution is 2.10. The summed E-state index contributed by atoms with van der Waals surface area (Å²) in [6.45, 7) is 0.446. The molecule has 21 heavy (non-hydrogen) atoms. The van der Waals surface area contributed by atoms with E-state index in [-0.39, 0.29) is 11.9 Å². The smallest absolute Gasteiger partial charge is 0.319 e. The summed E-state index contributed by atoms with van der Waals surface area (Å²) >= 11 is 0.